The average Bonchev–Trinajstić information content (AvgIpc) is 2.36. The molecule has 0 aromatic heterocycles. The summed E-state index contributed by atoms with van der Waals surface area (Å²) in [7, 11) is 0. The third kappa shape index (κ3) is 3.29. The molecule has 20 heavy (non-hydrogen) atoms. The van der Waals surface area contributed by atoms with Crippen molar-refractivity contribution in [2.45, 2.75) is 33.1 Å². The monoisotopic (exact) mass is 276 g/mol. The minimum Gasteiger partial charge on any atom is -0.478 e. The van der Waals surface area contributed by atoms with Gasteiger partial charge in [0.1, 0.15) is 0 Å². The van der Waals surface area contributed by atoms with Gasteiger partial charge in [0.05, 0.1) is 5.56 Å². The summed E-state index contributed by atoms with van der Waals surface area (Å²) < 4.78 is 0. The molecule has 1 fully saturated rings. The number of anilines is 1. The van der Waals surface area contributed by atoms with Gasteiger partial charge in [-0.15, -0.1) is 0 Å². The van der Waals surface area contributed by atoms with Crippen LogP contribution in [0, 0.1) is 12.3 Å². The summed E-state index contributed by atoms with van der Waals surface area (Å²) in [6.45, 7) is 4.64. The first-order valence-corrected chi connectivity index (χ1v) is 6.78. The molecule has 0 saturated heterocycles. The van der Waals surface area contributed by atoms with Crippen LogP contribution in [0.1, 0.15) is 42.1 Å². The van der Waals surface area contributed by atoms with E-state index in [9.17, 15) is 9.59 Å². The standard InChI is InChI=1S/C15H20N2O3/c1-10-4-5-11(13(18)19)8-12(10)17-14(20)16-9-15(2)6-3-7-15/h4-5,8H,3,6-7,9H2,1-2H3,(H,18,19)(H2,16,17,20). The molecular weight excluding hydrogens is 256 g/mol. The van der Waals surface area contributed by atoms with E-state index in [1.54, 1.807) is 6.07 Å². The van der Waals surface area contributed by atoms with E-state index in [1.807, 2.05) is 6.92 Å². The molecule has 0 aliphatic heterocycles. The van der Waals surface area contributed by atoms with Gasteiger partial charge >= 0.3 is 12.0 Å². The van der Waals surface area contributed by atoms with Gasteiger partial charge in [-0.25, -0.2) is 9.59 Å². The first-order chi connectivity index (χ1) is 9.39. The third-order valence-electron chi connectivity index (χ3n) is 3.97. The van der Waals surface area contributed by atoms with Crippen molar-refractivity contribution in [2.75, 3.05) is 11.9 Å². The molecule has 3 N–H and O–H groups in total. The van der Waals surface area contributed by atoms with Crippen LogP contribution < -0.4 is 10.6 Å². The van der Waals surface area contributed by atoms with Crippen molar-refractivity contribution in [3.63, 3.8) is 0 Å². The molecular formula is C15H20N2O3. The minimum absolute atomic E-state index is 0.164. The summed E-state index contributed by atoms with van der Waals surface area (Å²) >= 11 is 0. The lowest BCUT2D eigenvalue weighted by molar-refractivity contribution is 0.0697. The van der Waals surface area contributed by atoms with Gasteiger partial charge in [-0.05, 0) is 42.9 Å². The first-order valence-electron chi connectivity index (χ1n) is 6.78. The number of amides is 2. The second-order valence-corrected chi connectivity index (χ2v) is 5.81. The summed E-state index contributed by atoms with van der Waals surface area (Å²) in [5.41, 5.74) is 1.74. The smallest absolute Gasteiger partial charge is 0.335 e. The van der Waals surface area contributed by atoms with E-state index >= 15 is 0 Å². The number of carbonyl (C=O) groups is 2. The van der Waals surface area contributed by atoms with Crippen LogP contribution in [0.3, 0.4) is 0 Å². The number of aromatic carboxylic acids is 1. The average molecular weight is 276 g/mol. The van der Waals surface area contributed by atoms with Crippen molar-refractivity contribution < 1.29 is 14.7 Å². The number of nitrogens with one attached hydrogen (secondary N) is 2. The molecule has 5 nitrogen and oxygen atoms in total. The molecule has 1 saturated carbocycles. The van der Waals surface area contributed by atoms with Gasteiger partial charge in [0, 0.05) is 12.2 Å². The Morgan fingerprint density at radius 3 is 2.60 bits per heavy atom. The molecule has 1 aliphatic carbocycles. The maximum Gasteiger partial charge on any atom is 0.335 e. The number of hydrogen-bond acceptors (Lipinski definition) is 2. The molecule has 1 aliphatic rings. The van der Waals surface area contributed by atoms with Crippen LogP contribution in [-0.4, -0.2) is 23.7 Å². The quantitative estimate of drug-likeness (QED) is 0.791. The van der Waals surface area contributed by atoms with Gasteiger partial charge in [0.15, 0.2) is 0 Å². The highest BCUT2D eigenvalue weighted by molar-refractivity contribution is 5.93. The number of carboxylic acid groups (broad SMARTS) is 1. The highest BCUT2D eigenvalue weighted by atomic mass is 16.4. The Morgan fingerprint density at radius 2 is 2.05 bits per heavy atom. The van der Waals surface area contributed by atoms with Gasteiger partial charge in [-0.3, -0.25) is 0 Å². The molecule has 1 aromatic rings. The topological polar surface area (TPSA) is 78.4 Å². The summed E-state index contributed by atoms with van der Waals surface area (Å²) in [4.78, 5) is 22.8. The zero-order valence-electron chi connectivity index (χ0n) is 11.8. The normalized spacial score (nSPS) is 16.1. The molecule has 0 unspecified atom stereocenters. The van der Waals surface area contributed by atoms with Crippen molar-refractivity contribution in [1.82, 2.24) is 5.32 Å². The van der Waals surface area contributed by atoms with Crippen LogP contribution in [0.2, 0.25) is 0 Å². The number of hydrogen-bond donors (Lipinski definition) is 3. The second kappa shape index (κ2) is 5.53. The third-order valence-corrected chi connectivity index (χ3v) is 3.97. The van der Waals surface area contributed by atoms with Crippen molar-refractivity contribution >= 4 is 17.7 Å². The Labute approximate surface area is 118 Å². The molecule has 0 atom stereocenters. The zero-order chi connectivity index (χ0) is 14.8. The molecule has 0 bridgehead atoms. The second-order valence-electron chi connectivity index (χ2n) is 5.81. The summed E-state index contributed by atoms with van der Waals surface area (Å²) in [5.74, 6) is -1.00. The summed E-state index contributed by atoms with van der Waals surface area (Å²) in [5, 5.41) is 14.5. The number of carbonyl (C=O) groups excluding carboxylic acids is 1. The number of carboxylic acids is 1. The fourth-order valence-electron chi connectivity index (χ4n) is 2.31. The van der Waals surface area contributed by atoms with Crippen molar-refractivity contribution in [1.29, 1.82) is 0 Å². The van der Waals surface area contributed by atoms with Gasteiger partial charge in [0.2, 0.25) is 0 Å². The first kappa shape index (κ1) is 14.4. The van der Waals surface area contributed by atoms with Crippen LogP contribution in [0.15, 0.2) is 18.2 Å². The highest BCUT2D eigenvalue weighted by Crippen LogP contribution is 2.39. The molecule has 2 amide bonds. The minimum atomic E-state index is -1.00. The van der Waals surface area contributed by atoms with Crippen molar-refractivity contribution in [2.24, 2.45) is 5.41 Å². The predicted molar refractivity (Wildman–Crippen MR) is 77.1 cm³/mol. The Balaban J connectivity index is 1.96. The Kier molecular flexibility index (Phi) is 3.97. The molecule has 0 radical (unpaired) electrons. The number of urea groups is 1. The van der Waals surface area contributed by atoms with Gasteiger partial charge < -0.3 is 15.7 Å². The van der Waals surface area contributed by atoms with Crippen LogP contribution in [0.25, 0.3) is 0 Å². The zero-order valence-corrected chi connectivity index (χ0v) is 11.8. The van der Waals surface area contributed by atoms with Gasteiger partial charge in [-0.1, -0.05) is 19.4 Å². The lowest BCUT2D eigenvalue weighted by atomic mass is 9.70. The van der Waals surface area contributed by atoms with Crippen LogP contribution >= 0.6 is 0 Å². The molecule has 2 rings (SSSR count). The van der Waals surface area contributed by atoms with E-state index in [0.717, 1.165) is 18.4 Å². The maximum absolute atomic E-state index is 11.9. The Bertz CT molecular complexity index is 536. The lowest BCUT2D eigenvalue weighted by Crippen LogP contribution is -2.41. The Hall–Kier alpha value is -2.04. The van der Waals surface area contributed by atoms with Gasteiger partial charge in [-0.2, -0.15) is 0 Å². The molecule has 5 heteroatoms. The fraction of sp³-hybridized carbons (Fsp3) is 0.467. The Morgan fingerprint density at radius 1 is 1.35 bits per heavy atom. The fourth-order valence-corrected chi connectivity index (χ4v) is 2.31. The SMILES string of the molecule is Cc1ccc(C(=O)O)cc1NC(=O)NCC1(C)CCC1. The predicted octanol–water partition coefficient (Wildman–Crippen LogP) is 3.00. The number of aryl methyl sites for hydroxylation is 1. The number of benzene rings is 1. The maximum atomic E-state index is 11.9. The van der Waals surface area contributed by atoms with E-state index in [4.69, 9.17) is 5.11 Å². The van der Waals surface area contributed by atoms with E-state index in [-0.39, 0.29) is 17.0 Å². The van der Waals surface area contributed by atoms with E-state index < -0.39 is 5.97 Å². The van der Waals surface area contributed by atoms with Crippen LogP contribution in [0.5, 0.6) is 0 Å². The van der Waals surface area contributed by atoms with E-state index in [1.165, 1.54) is 18.6 Å². The molecule has 108 valence electrons. The number of rotatable bonds is 4. The molecule has 0 heterocycles. The van der Waals surface area contributed by atoms with Crippen LogP contribution in [0.4, 0.5) is 10.5 Å². The lowest BCUT2D eigenvalue weighted by Gasteiger charge is -2.38. The summed E-state index contributed by atoms with van der Waals surface area (Å²) in [6, 6.07) is 4.40. The van der Waals surface area contributed by atoms with E-state index in [2.05, 4.69) is 17.6 Å². The summed E-state index contributed by atoms with van der Waals surface area (Å²) in [6.07, 6.45) is 3.50. The molecule has 1 aromatic carbocycles. The van der Waals surface area contributed by atoms with E-state index in [0.29, 0.717) is 12.2 Å². The van der Waals surface area contributed by atoms with Crippen molar-refractivity contribution in [3.8, 4) is 0 Å². The van der Waals surface area contributed by atoms with Crippen LogP contribution in [-0.2, 0) is 0 Å². The molecule has 0 spiro atoms. The van der Waals surface area contributed by atoms with Gasteiger partial charge in [0.25, 0.3) is 0 Å². The van der Waals surface area contributed by atoms with Crippen molar-refractivity contribution in [3.05, 3.63) is 29.3 Å². The largest absolute Gasteiger partial charge is 0.478 e. The highest BCUT2D eigenvalue weighted by Gasteiger charge is 2.31.